The van der Waals surface area contributed by atoms with E-state index in [9.17, 15) is 4.79 Å². The number of carbonyl (C=O) groups is 1. The van der Waals surface area contributed by atoms with Crippen molar-refractivity contribution in [3.63, 3.8) is 0 Å². The Morgan fingerprint density at radius 2 is 1.83 bits per heavy atom. The van der Waals surface area contributed by atoms with Crippen molar-refractivity contribution < 1.29 is 9.21 Å². The minimum Gasteiger partial charge on any atom is -0.447 e. The van der Waals surface area contributed by atoms with Crippen LogP contribution in [0.15, 0.2) is 96.8 Å². The molecule has 0 aliphatic carbocycles. The summed E-state index contributed by atoms with van der Waals surface area (Å²) in [5, 5.41) is 7.29. The molecule has 4 nitrogen and oxygen atoms in total. The second-order valence-corrected chi connectivity index (χ2v) is 8.40. The fourth-order valence-corrected chi connectivity index (χ4v) is 4.21. The van der Waals surface area contributed by atoms with Crippen molar-refractivity contribution in [3.8, 4) is 0 Å². The van der Waals surface area contributed by atoms with Crippen LogP contribution in [0.2, 0.25) is 5.02 Å². The highest BCUT2D eigenvalue weighted by Crippen LogP contribution is 2.35. The Hall–Kier alpha value is -2.54. The molecule has 1 heterocycles. The van der Waals surface area contributed by atoms with Crippen molar-refractivity contribution in [2.24, 2.45) is 5.10 Å². The smallest absolute Gasteiger partial charge is 0.271 e. The van der Waals surface area contributed by atoms with E-state index in [1.54, 1.807) is 12.1 Å². The third-order valence-electron chi connectivity index (χ3n) is 4.09. The Morgan fingerprint density at radius 3 is 2.66 bits per heavy atom. The van der Waals surface area contributed by atoms with Crippen LogP contribution in [0.1, 0.15) is 16.1 Å². The zero-order chi connectivity index (χ0) is 20.2. The van der Waals surface area contributed by atoms with Gasteiger partial charge in [0.2, 0.25) is 0 Å². The molecular formula is C22H14BrClN2O2S. The van der Waals surface area contributed by atoms with Gasteiger partial charge in [-0.05, 0) is 57.0 Å². The van der Waals surface area contributed by atoms with Crippen LogP contribution in [0.25, 0.3) is 10.8 Å². The average molecular weight is 486 g/mol. The fraction of sp³-hybridized carbons (Fsp3) is 0. The standard InChI is InChI=1S/C22H14BrClN2O2S/c23-20-12-16(28-22(20)29-17-10-8-15(24)9-11-17)13-25-26-21(27)19-7-3-5-14-4-1-2-6-18(14)19/h1-13H,(H,26,27). The third kappa shape index (κ3) is 4.72. The highest BCUT2D eigenvalue weighted by atomic mass is 79.9. The first-order valence-corrected chi connectivity index (χ1v) is 10.6. The first kappa shape index (κ1) is 19.8. The molecule has 144 valence electrons. The Bertz CT molecular complexity index is 1200. The molecule has 0 saturated carbocycles. The van der Waals surface area contributed by atoms with E-state index in [0.29, 0.717) is 21.4 Å². The maximum Gasteiger partial charge on any atom is 0.271 e. The molecule has 0 radical (unpaired) electrons. The number of halogens is 2. The van der Waals surface area contributed by atoms with E-state index in [2.05, 4.69) is 26.5 Å². The predicted molar refractivity (Wildman–Crippen MR) is 121 cm³/mol. The van der Waals surface area contributed by atoms with E-state index in [4.69, 9.17) is 16.0 Å². The number of hydrazone groups is 1. The summed E-state index contributed by atoms with van der Waals surface area (Å²) in [4.78, 5) is 13.5. The van der Waals surface area contributed by atoms with Gasteiger partial charge in [0.1, 0.15) is 5.76 Å². The summed E-state index contributed by atoms with van der Waals surface area (Å²) in [6, 6.07) is 22.6. The van der Waals surface area contributed by atoms with Gasteiger partial charge >= 0.3 is 0 Å². The topological polar surface area (TPSA) is 54.6 Å². The number of rotatable bonds is 5. The number of amides is 1. The minimum absolute atomic E-state index is 0.278. The maximum absolute atomic E-state index is 12.5. The van der Waals surface area contributed by atoms with Crippen LogP contribution in [0, 0.1) is 0 Å². The lowest BCUT2D eigenvalue weighted by Gasteiger charge is -2.04. The number of nitrogens with zero attached hydrogens (tertiary/aromatic N) is 1. The molecule has 4 aromatic rings. The van der Waals surface area contributed by atoms with E-state index in [-0.39, 0.29) is 5.91 Å². The second kappa shape index (κ2) is 8.86. The van der Waals surface area contributed by atoms with Gasteiger partial charge < -0.3 is 4.42 Å². The molecule has 0 aliphatic heterocycles. The van der Waals surface area contributed by atoms with Crippen molar-refractivity contribution in [3.05, 3.63) is 93.6 Å². The molecule has 1 N–H and O–H groups in total. The molecule has 0 atom stereocenters. The van der Waals surface area contributed by atoms with Gasteiger partial charge in [-0.2, -0.15) is 5.10 Å². The van der Waals surface area contributed by atoms with Crippen LogP contribution in [-0.2, 0) is 0 Å². The molecule has 3 aromatic carbocycles. The monoisotopic (exact) mass is 484 g/mol. The van der Waals surface area contributed by atoms with Gasteiger partial charge in [0.15, 0.2) is 5.09 Å². The van der Waals surface area contributed by atoms with E-state index in [1.807, 2.05) is 60.7 Å². The summed E-state index contributed by atoms with van der Waals surface area (Å²) in [7, 11) is 0. The van der Waals surface area contributed by atoms with Crippen LogP contribution < -0.4 is 5.43 Å². The SMILES string of the molecule is O=C(NN=Cc1cc(Br)c(Sc2ccc(Cl)cc2)o1)c1cccc2ccccc12. The molecule has 0 saturated heterocycles. The minimum atomic E-state index is -0.278. The predicted octanol–water partition coefficient (Wildman–Crippen LogP) is 6.76. The zero-order valence-corrected chi connectivity index (χ0v) is 18.1. The van der Waals surface area contributed by atoms with E-state index < -0.39 is 0 Å². The molecule has 1 aromatic heterocycles. The number of furan rings is 1. The van der Waals surface area contributed by atoms with Crippen molar-refractivity contribution in [2.45, 2.75) is 9.99 Å². The number of fused-ring (bicyclic) bond motifs is 1. The van der Waals surface area contributed by atoms with Gasteiger partial charge in [0, 0.05) is 21.5 Å². The Balaban J connectivity index is 1.45. The average Bonchev–Trinajstić information content (AvgIpc) is 3.08. The number of nitrogens with one attached hydrogen (secondary N) is 1. The van der Waals surface area contributed by atoms with Crippen LogP contribution >= 0.6 is 39.3 Å². The summed E-state index contributed by atoms with van der Waals surface area (Å²) in [6.45, 7) is 0. The number of carbonyl (C=O) groups excluding carboxylic acids is 1. The second-order valence-electron chi connectivity index (χ2n) is 6.07. The normalized spacial score (nSPS) is 11.2. The highest BCUT2D eigenvalue weighted by molar-refractivity contribution is 9.10. The third-order valence-corrected chi connectivity index (χ3v) is 6.19. The van der Waals surface area contributed by atoms with E-state index in [0.717, 1.165) is 20.1 Å². The van der Waals surface area contributed by atoms with E-state index >= 15 is 0 Å². The lowest BCUT2D eigenvalue weighted by Crippen LogP contribution is -2.17. The summed E-state index contributed by atoms with van der Waals surface area (Å²) in [6.07, 6.45) is 1.47. The maximum atomic E-state index is 12.5. The van der Waals surface area contributed by atoms with Gasteiger partial charge in [-0.1, -0.05) is 59.8 Å². The molecule has 0 bridgehead atoms. The fourth-order valence-electron chi connectivity index (χ4n) is 2.75. The van der Waals surface area contributed by atoms with Crippen molar-refractivity contribution in [1.29, 1.82) is 0 Å². The van der Waals surface area contributed by atoms with Crippen molar-refractivity contribution in [1.82, 2.24) is 5.43 Å². The number of hydrogen-bond acceptors (Lipinski definition) is 4. The molecule has 0 unspecified atom stereocenters. The molecular weight excluding hydrogens is 472 g/mol. The van der Waals surface area contributed by atoms with Gasteiger partial charge in [-0.15, -0.1) is 0 Å². The number of benzene rings is 3. The van der Waals surface area contributed by atoms with Crippen molar-refractivity contribution in [2.75, 3.05) is 0 Å². The van der Waals surface area contributed by atoms with Gasteiger partial charge in [-0.25, -0.2) is 5.43 Å². The van der Waals surface area contributed by atoms with Gasteiger partial charge in [0.05, 0.1) is 10.7 Å². The number of hydrogen-bond donors (Lipinski definition) is 1. The summed E-state index contributed by atoms with van der Waals surface area (Å²) in [5.74, 6) is 0.242. The quantitative estimate of drug-likeness (QED) is 0.251. The molecule has 29 heavy (non-hydrogen) atoms. The van der Waals surface area contributed by atoms with Crippen molar-refractivity contribution >= 4 is 62.2 Å². The molecule has 0 fully saturated rings. The summed E-state index contributed by atoms with van der Waals surface area (Å²) in [5.41, 5.74) is 3.13. The van der Waals surface area contributed by atoms with Crippen LogP contribution in [0.3, 0.4) is 0 Å². The highest BCUT2D eigenvalue weighted by Gasteiger charge is 2.11. The first-order valence-electron chi connectivity index (χ1n) is 8.64. The lowest BCUT2D eigenvalue weighted by molar-refractivity contribution is 0.0957. The molecule has 0 aliphatic rings. The lowest BCUT2D eigenvalue weighted by atomic mass is 10.0. The van der Waals surface area contributed by atoms with Gasteiger partial charge in [-0.3, -0.25) is 4.79 Å². The first-order chi connectivity index (χ1) is 14.1. The molecule has 0 spiro atoms. The van der Waals surface area contributed by atoms with E-state index in [1.165, 1.54) is 18.0 Å². The zero-order valence-electron chi connectivity index (χ0n) is 14.9. The summed E-state index contributed by atoms with van der Waals surface area (Å²) >= 11 is 10.9. The summed E-state index contributed by atoms with van der Waals surface area (Å²) < 4.78 is 6.59. The molecule has 1 amide bonds. The van der Waals surface area contributed by atoms with Crippen LogP contribution in [0.4, 0.5) is 0 Å². The largest absolute Gasteiger partial charge is 0.447 e. The molecule has 7 heteroatoms. The van der Waals surface area contributed by atoms with Crippen LogP contribution in [-0.4, -0.2) is 12.1 Å². The Labute approximate surface area is 185 Å². The Kier molecular flexibility index (Phi) is 6.04. The molecule has 4 rings (SSSR count). The van der Waals surface area contributed by atoms with Crippen LogP contribution in [0.5, 0.6) is 0 Å². The van der Waals surface area contributed by atoms with Gasteiger partial charge in [0.25, 0.3) is 5.91 Å². The Morgan fingerprint density at radius 1 is 1.07 bits per heavy atom.